The third kappa shape index (κ3) is 3.62. The highest BCUT2D eigenvalue weighted by molar-refractivity contribution is 5.90. The van der Waals surface area contributed by atoms with E-state index < -0.39 is 0 Å². The zero-order chi connectivity index (χ0) is 15.4. The molecule has 0 saturated carbocycles. The van der Waals surface area contributed by atoms with Crippen LogP contribution < -0.4 is 5.32 Å². The van der Waals surface area contributed by atoms with E-state index in [2.05, 4.69) is 16.1 Å². The third-order valence-electron chi connectivity index (χ3n) is 3.32. The number of nitrogens with one attached hydrogen (secondary N) is 1. The Kier molecular flexibility index (Phi) is 4.62. The smallest absolute Gasteiger partial charge is 0.307 e. The summed E-state index contributed by atoms with van der Waals surface area (Å²) in [6.45, 7) is 4.29. The average Bonchev–Trinajstić information content (AvgIpc) is 2.81. The van der Waals surface area contributed by atoms with E-state index in [9.17, 15) is 9.59 Å². The molecule has 0 saturated heterocycles. The molecule has 2 rings (SSSR count). The Labute approximate surface area is 123 Å². The first-order valence-electron chi connectivity index (χ1n) is 6.82. The van der Waals surface area contributed by atoms with Gasteiger partial charge in [0.25, 0.3) is 0 Å². The Morgan fingerprint density at radius 2 is 2.05 bits per heavy atom. The van der Waals surface area contributed by atoms with Crippen molar-refractivity contribution in [3.8, 4) is 0 Å². The standard InChI is InChI=1S/C16H19NO4/c1-10-6-11(2)16-12(9-21-13(16)7-10)8-14(18)17-5-4-15(19)20-3/h6-7,9H,4-5,8H2,1-3H3,(H,17,18). The molecule has 21 heavy (non-hydrogen) atoms. The van der Waals surface area contributed by atoms with Crippen LogP contribution in [0.15, 0.2) is 22.8 Å². The summed E-state index contributed by atoms with van der Waals surface area (Å²) in [5.74, 6) is -0.475. The number of aryl methyl sites for hydroxylation is 2. The van der Waals surface area contributed by atoms with Crippen molar-refractivity contribution in [1.29, 1.82) is 0 Å². The van der Waals surface area contributed by atoms with Gasteiger partial charge in [0, 0.05) is 17.5 Å². The van der Waals surface area contributed by atoms with E-state index in [0.29, 0.717) is 0 Å². The van der Waals surface area contributed by atoms with Crippen LogP contribution >= 0.6 is 0 Å². The fraction of sp³-hybridized carbons (Fsp3) is 0.375. The van der Waals surface area contributed by atoms with Crippen LogP contribution in [0.4, 0.5) is 0 Å². The van der Waals surface area contributed by atoms with E-state index in [1.807, 2.05) is 19.9 Å². The molecule has 1 heterocycles. The molecule has 0 atom stereocenters. The number of furan rings is 1. The second-order valence-electron chi connectivity index (χ2n) is 5.07. The number of rotatable bonds is 5. The molecular formula is C16H19NO4. The highest BCUT2D eigenvalue weighted by Gasteiger charge is 2.13. The Balaban J connectivity index is 2.03. The lowest BCUT2D eigenvalue weighted by Gasteiger charge is -2.05. The number of hydrogen-bond acceptors (Lipinski definition) is 4. The molecule has 2 aromatic rings. The predicted molar refractivity (Wildman–Crippen MR) is 79.0 cm³/mol. The first kappa shape index (κ1) is 15.1. The molecule has 112 valence electrons. The summed E-state index contributed by atoms with van der Waals surface area (Å²) < 4.78 is 10.0. The first-order valence-corrected chi connectivity index (χ1v) is 6.82. The van der Waals surface area contributed by atoms with Crippen molar-refractivity contribution >= 4 is 22.8 Å². The fourth-order valence-corrected chi connectivity index (χ4v) is 2.40. The summed E-state index contributed by atoms with van der Waals surface area (Å²) in [6, 6.07) is 4.03. The topological polar surface area (TPSA) is 68.5 Å². The largest absolute Gasteiger partial charge is 0.469 e. The number of carbonyl (C=O) groups excluding carboxylic acids is 2. The Morgan fingerprint density at radius 3 is 2.76 bits per heavy atom. The van der Waals surface area contributed by atoms with Gasteiger partial charge in [-0.05, 0) is 31.0 Å². The fourth-order valence-electron chi connectivity index (χ4n) is 2.40. The lowest BCUT2D eigenvalue weighted by Crippen LogP contribution is -2.27. The Hall–Kier alpha value is -2.30. The van der Waals surface area contributed by atoms with E-state index in [1.165, 1.54) is 7.11 Å². The summed E-state index contributed by atoms with van der Waals surface area (Å²) in [6.07, 6.45) is 2.03. The lowest BCUT2D eigenvalue weighted by molar-refractivity contribution is -0.140. The maximum absolute atomic E-state index is 11.9. The van der Waals surface area contributed by atoms with E-state index in [0.717, 1.165) is 27.7 Å². The minimum Gasteiger partial charge on any atom is -0.469 e. The molecule has 0 unspecified atom stereocenters. The van der Waals surface area contributed by atoms with Crippen LogP contribution in [0.25, 0.3) is 11.0 Å². The third-order valence-corrected chi connectivity index (χ3v) is 3.32. The van der Waals surface area contributed by atoms with Gasteiger partial charge in [-0.15, -0.1) is 0 Å². The van der Waals surface area contributed by atoms with Gasteiger partial charge in [-0.25, -0.2) is 0 Å². The van der Waals surface area contributed by atoms with Crippen molar-refractivity contribution in [1.82, 2.24) is 5.32 Å². The van der Waals surface area contributed by atoms with E-state index >= 15 is 0 Å². The first-order chi connectivity index (χ1) is 10.0. The molecule has 0 aliphatic heterocycles. The van der Waals surface area contributed by atoms with Gasteiger partial charge in [0.2, 0.25) is 5.91 Å². The van der Waals surface area contributed by atoms with E-state index in [-0.39, 0.29) is 31.3 Å². The van der Waals surface area contributed by atoms with Crippen LogP contribution in [0.5, 0.6) is 0 Å². The second kappa shape index (κ2) is 6.43. The summed E-state index contributed by atoms with van der Waals surface area (Å²) in [5, 5.41) is 3.69. The highest BCUT2D eigenvalue weighted by atomic mass is 16.5. The molecule has 0 spiro atoms. The molecule has 0 aliphatic carbocycles. The van der Waals surface area contributed by atoms with Crippen LogP contribution in [-0.4, -0.2) is 25.5 Å². The van der Waals surface area contributed by atoms with Gasteiger partial charge in [-0.3, -0.25) is 9.59 Å². The van der Waals surface area contributed by atoms with Crippen molar-refractivity contribution in [3.63, 3.8) is 0 Å². The molecule has 0 aliphatic rings. The minimum absolute atomic E-state index is 0.137. The number of carbonyl (C=O) groups is 2. The number of benzene rings is 1. The van der Waals surface area contributed by atoms with Gasteiger partial charge < -0.3 is 14.5 Å². The molecule has 1 N–H and O–H groups in total. The number of methoxy groups -OCH3 is 1. The number of fused-ring (bicyclic) bond motifs is 1. The molecule has 0 radical (unpaired) electrons. The molecule has 5 nitrogen and oxygen atoms in total. The summed E-state index contributed by atoms with van der Waals surface area (Å²) in [5.41, 5.74) is 3.88. The van der Waals surface area contributed by atoms with E-state index in [1.54, 1.807) is 6.26 Å². The van der Waals surface area contributed by atoms with Gasteiger partial charge in [-0.2, -0.15) is 0 Å². The molecular weight excluding hydrogens is 270 g/mol. The van der Waals surface area contributed by atoms with Crippen LogP contribution in [0.3, 0.4) is 0 Å². The van der Waals surface area contributed by atoms with Gasteiger partial charge in [-0.1, -0.05) is 6.07 Å². The Bertz CT molecular complexity index is 672. The lowest BCUT2D eigenvalue weighted by atomic mass is 10.0. The van der Waals surface area contributed by atoms with Gasteiger partial charge in [0.1, 0.15) is 5.58 Å². The number of ether oxygens (including phenoxy) is 1. The maximum Gasteiger partial charge on any atom is 0.307 e. The highest BCUT2D eigenvalue weighted by Crippen LogP contribution is 2.26. The van der Waals surface area contributed by atoms with Gasteiger partial charge in [0.05, 0.1) is 26.2 Å². The molecule has 1 aromatic carbocycles. The Morgan fingerprint density at radius 1 is 1.29 bits per heavy atom. The summed E-state index contributed by atoms with van der Waals surface area (Å²) >= 11 is 0. The molecule has 0 bridgehead atoms. The zero-order valence-corrected chi connectivity index (χ0v) is 12.5. The normalized spacial score (nSPS) is 10.6. The zero-order valence-electron chi connectivity index (χ0n) is 12.5. The van der Waals surface area contributed by atoms with Crippen LogP contribution in [-0.2, 0) is 20.7 Å². The molecule has 0 fully saturated rings. The van der Waals surface area contributed by atoms with Crippen LogP contribution in [0.1, 0.15) is 23.1 Å². The molecule has 1 aromatic heterocycles. The summed E-state index contributed by atoms with van der Waals surface area (Å²) in [7, 11) is 1.33. The monoisotopic (exact) mass is 289 g/mol. The van der Waals surface area contributed by atoms with Crippen LogP contribution in [0.2, 0.25) is 0 Å². The van der Waals surface area contributed by atoms with Crippen molar-refractivity contribution in [2.24, 2.45) is 0 Å². The number of esters is 1. The van der Waals surface area contributed by atoms with Crippen molar-refractivity contribution in [2.75, 3.05) is 13.7 Å². The summed E-state index contributed by atoms with van der Waals surface area (Å²) in [4.78, 5) is 22.9. The average molecular weight is 289 g/mol. The van der Waals surface area contributed by atoms with Crippen LogP contribution in [0, 0.1) is 13.8 Å². The van der Waals surface area contributed by atoms with Crippen molar-refractivity contribution < 1.29 is 18.7 Å². The quantitative estimate of drug-likeness (QED) is 0.857. The number of hydrogen-bond donors (Lipinski definition) is 1. The number of amides is 1. The minimum atomic E-state index is -0.338. The SMILES string of the molecule is COC(=O)CCNC(=O)Cc1coc2cc(C)cc(C)c12. The van der Waals surface area contributed by atoms with Gasteiger partial charge >= 0.3 is 5.97 Å². The molecule has 5 heteroatoms. The molecule has 1 amide bonds. The van der Waals surface area contributed by atoms with Gasteiger partial charge in [0.15, 0.2) is 0 Å². The van der Waals surface area contributed by atoms with Crippen molar-refractivity contribution in [3.05, 3.63) is 35.1 Å². The maximum atomic E-state index is 11.9. The predicted octanol–water partition coefficient (Wildman–Crippen LogP) is 2.27. The van der Waals surface area contributed by atoms with Crippen molar-refractivity contribution in [2.45, 2.75) is 26.7 Å². The van der Waals surface area contributed by atoms with E-state index in [4.69, 9.17) is 4.42 Å². The second-order valence-corrected chi connectivity index (χ2v) is 5.07.